The molecule has 0 spiro atoms. The van der Waals surface area contributed by atoms with Crippen LogP contribution in [-0.4, -0.2) is 31.0 Å². The van der Waals surface area contributed by atoms with Gasteiger partial charge in [-0.25, -0.2) is 4.79 Å². The minimum absolute atomic E-state index is 0.112. The van der Waals surface area contributed by atoms with Crippen LogP contribution in [0.1, 0.15) is 62.6 Å². The second kappa shape index (κ2) is 9.89. The Morgan fingerprint density at radius 2 is 1.82 bits per heavy atom. The summed E-state index contributed by atoms with van der Waals surface area (Å²) in [6.45, 7) is 6.19. The molecule has 0 radical (unpaired) electrons. The van der Waals surface area contributed by atoms with E-state index in [2.05, 4.69) is 12.2 Å². The molecule has 3 N–H and O–H groups in total. The SMILES string of the molecule is CCCCOc1ccc(C(=O)Nc2sc(C(=O)OCC)c(C)c2C(N)=O)cc1. The van der Waals surface area contributed by atoms with E-state index >= 15 is 0 Å². The number of hydrogen-bond acceptors (Lipinski definition) is 6. The fraction of sp³-hybridized carbons (Fsp3) is 0.350. The highest BCUT2D eigenvalue weighted by Crippen LogP contribution is 2.33. The third-order valence-electron chi connectivity index (χ3n) is 3.96. The van der Waals surface area contributed by atoms with E-state index in [1.54, 1.807) is 38.1 Å². The van der Waals surface area contributed by atoms with Gasteiger partial charge in [-0.3, -0.25) is 9.59 Å². The number of hydrogen-bond donors (Lipinski definition) is 2. The molecule has 2 aromatic rings. The van der Waals surface area contributed by atoms with Crippen LogP contribution in [0.3, 0.4) is 0 Å². The van der Waals surface area contributed by atoms with Crippen molar-refractivity contribution in [2.75, 3.05) is 18.5 Å². The molecule has 0 saturated heterocycles. The Balaban J connectivity index is 2.20. The second-order valence-electron chi connectivity index (χ2n) is 6.03. The van der Waals surface area contributed by atoms with Crippen LogP contribution < -0.4 is 15.8 Å². The molecular formula is C20H24N2O5S. The van der Waals surface area contributed by atoms with Gasteiger partial charge < -0.3 is 20.5 Å². The first-order valence-corrected chi connectivity index (χ1v) is 9.85. The third-order valence-corrected chi connectivity index (χ3v) is 5.15. The van der Waals surface area contributed by atoms with Gasteiger partial charge in [0.1, 0.15) is 15.6 Å². The third kappa shape index (κ3) is 5.10. The van der Waals surface area contributed by atoms with Gasteiger partial charge in [-0.2, -0.15) is 0 Å². The maximum Gasteiger partial charge on any atom is 0.348 e. The van der Waals surface area contributed by atoms with Crippen molar-refractivity contribution >= 4 is 34.1 Å². The van der Waals surface area contributed by atoms with Crippen molar-refractivity contribution in [2.45, 2.75) is 33.6 Å². The van der Waals surface area contributed by atoms with E-state index in [0.29, 0.717) is 23.5 Å². The lowest BCUT2D eigenvalue weighted by molar-refractivity contribution is 0.0531. The van der Waals surface area contributed by atoms with Gasteiger partial charge >= 0.3 is 5.97 Å². The summed E-state index contributed by atoms with van der Waals surface area (Å²) in [5.41, 5.74) is 6.34. The molecular weight excluding hydrogens is 380 g/mol. The zero-order chi connectivity index (χ0) is 20.7. The average Bonchev–Trinajstić information content (AvgIpc) is 2.99. The normalized spacial score (nSPS) is 10.4. The molecule has 1 aromatic carbocycles. The Labute approximate surface area is 167 Å². The highest BCUT2D eigenvalue weighted by atomic mass is 32.1. The average molecular weight is 404 g/mol. The Hall–Kier alpha value is -2.87. The number of carbonyl (C=O) groups excluding carboxylic acids is 3. The van der Waals surface area contributed by atoms with Crippen molar-refractivity contribution in [1.29, 1.82) is 0 Å². The highest BCUT2D eigenvalue weighted by Gasteiger charge is 2.25. The van der Waals surface area contributed by atoms with E-state index in [-0.39, 0.29) is 22.0 Å². The number of unbranched alkanes of at least 4 members (excludes halogenated alkanes) is 1. The summed E-state index contributed by atoms with van der Waals surface area (Å²) in [5, 5.41) is 2.89. The van der Waals surface area contributed by atoms with Gasteiger partial charge in [-0.1, -0.05) is 13.3 Å². The quantitative estimate of drug-likeness (QED) is 0.489. The molecule has 7 nitrogen and oxygen atoms in total. The zero-order valence-electron chi connectivity index (χ0n) is 16.2. The minimum atomic E-state index is -0.723. The number of thiophene rings is 1. The predicted molar refractivity (Wildman–Crippen MR) is 108 cm³/mol. The van der Waals surface area contributed by atoms with E-state index in [1.807, 2.05) is 0 Å². The lowest BCUT2D eigenvalue weighted by Gasteiger charge is -2.07. The van der Waals surface area contributed by atoms with Crippen molar-refractivity contribution in [2.24, 2.45) is 5.73 Å². The molecule has 2 rings (SSSR count). The summed E-state index contributed by atoms with van der Waals surface area (Å²) in [6.07, 6.45) is 2.00. The largest absolute Gasteiger partial charge is 0.494 e. The standard InChI is InChI=1S/C20H24N2O5S/c1-4-6-11-27-14-9-7-13(8-10-14)18(24)22-19-15(17(21)23)12(3)16(28-19)20(25)26-5-2/h7-10H,4-6,11H2,1-3H3,(H2,21,23)(H,22,24). The molecule has 0 saturated carbocycles. The number of benzene rings is 1. The van der Waals surface area contributed by atoms with E-state index in [0.717, 1.165) is 24.2 Å². The van der Waals surface area contributed by atoms with Gasteiger partial charge in [0.05, 0.1) is 18.8 Å². The summed E-state index contributed by atoms with van der Waals surface area (Å²) in [7, 11) is 0. The summed E-state index contributed by atoms with van der Waals surface area (Å²) >= 11 is 0.970. The first-order chi connectivity index (χ1) is 13.4. The van der Waals surface area contributed by atoms with Gasteiger partial charge in [0.2, 0.25) is 0 Å². The van der Waals surface area contributed by atoms with Crippen LogP contribution in [0.25, 0.3) is 0 Å². The Morgan fingerprint density at radius 1 is 1.14 bits per heavy atom. The fourth-order valence-electron chi connectivity index (χ4n) is 2.50. The van der Waals surface area contributed by atoms with Crippen LogP contribution >= 0.6 is 11.3 Å². The zero-order valence-corrected chi connectivity index (χ0v) is 17.0. The molecule has 0 aliphatic heterocycles. The Morgan fingerprint density at radius 3 is 2.39 bits per heavy atom. The minimum Gasteiger partial charge on any atom is -0.494 e. The number of primary amides is 1. The topological polar surface area (TPSA) is 108 Å². The fourth-order valence-corrected chi connectivity index (χ4v) is 3.60. The monoisotopic (exact) mass is 404 g/mol. The van der Waals surface area contributed by atoms with Gasteiger partial charge in [-0.05, 0) is 50.1 Å². The van der Waals surface area contributed by atoms with Crippen molar-refractivity contribution in [1.82, 2.24) is 0 Å². The Kier molecular flexibility index (Phi) is 7.57. The lowest BCUT2D eigenvalue weighted by Crippen LogP contribution is -2.17. The van der Waals surface area contributed by atoms with Crippen molar-refractivity contribution < 1.29 is 23.9 Å². The molecule has 150 valence electrons. The van der Waals surface area contributed by atoms with Gasteiger partial charge in [-0.15, -0.1) is 11.3 Å². The number of rotatable bonds is 9. The Bertz CT molecular complexity index is 858. The number of amides is 2. The maximum atomic E-state index is 12.6. The molecule has 0 atom stereocenters. The number of esters is 1. The second-order valence-corrected chi connectivity index (χ2v) is 7.05. The van der Waals surface area contributed by atoms with E-state index in [9.17, 15) is 14.4 Å². The van der Waals surface area contributed by atoms with Crippen LogP contribution in [0.15, 0.2) is 24.3 Å². The number of anilines is 1. The van der Waals surface area contributed by atoms with Crippen molar-refractivity contribution in [3.05, 3.63) is 45.8 Å². The molecule has 1 heterocycles. The van der Waals surface area contributed by atoms with Crippen LogP contribution in [0.5, 0.6) is 5.75 Å². The highest BCUT2D eigenvalue weighted by molar-refractivity contribution is 7.18. The van der Waals surface area contributed by atoms with E-state index in [1.165, 1.54) is 0 Å². The van der Waals surface area contributed by atoms with E-state index in [4.69, 9.17) is 15.2 Å². The van der Waals surface area contributed by atoms with Gasteiger partial charge in [0.25, 0.3) is 11.8 Å². The first kappa shape index (κ1) is 21.4. The summed E-state index contributed by atoms with van der Waals surface area (Å²) in [5.74, 6) is -1.01. The number of nitrogens with one attached hydrogen (secondary N) is 1. The van der Waals surface area contributed by atoms with Crippen LogP contribution in [-0.2, 0) is 4.74 Å². The maximum absolute atomic E-state index is 12.6. The van der Waals surface area contributed by atoms with Crippen LogP contribution in [0.4, 0.5) is 5.00 Å². The summed E-state index contributed by atoms with van der Waals surface area (Å²) in [6, 6.07) is 6.69. The number of nitrogens with two attached hydrogens (primary N) is 1. The molecule has 28 heavy (non-hydrogen) atoms. The number of ether oxygens (including phenoxy) is 2. The molecule has 0 fully saturated rings. The summed E-state index contributed by atoms with van der Waals surface area (Å²) < 4.78 is 10.6. The molecule has 0 bridgehead atoms. The molecule has 2 amide bonds. The van der Waals surface area contributed by atoms with Crippen molar-refractivity contribution in [3.63, 3.8) is 0 Å². The molecule has 8 heteroatoms. The smallest absolute Gasteiger partial charge is 0.348 e. The molecule has 1 aromatic heterocycles. The van der Waals surface area contributed by atoms with Crippen LogP contribution in [0, 0.1) is 6.92 Å². The predicted octanol–water partition coefficient (Wildman–Crippen LogP) is 3.76. The lowest BCUT2D eigenvalue weighted by atomic mass is 10.1. The number of carbonyl (C=O) groups is 3. The van der Waals surface area contributed by atoms with Crippen molar-refractivity contribution in [3.8, 4) is 5.75 Å². The van der Waals surface area contributed by atoms with Crippen LogP contribution in [0.2, 0.25) is 0 Å². The van der Waals surface area contributed by atoms with Gasteiger partial charge in [0, 0.05) is 5.56 Å². The first-order valence-electron chi connectivity index (χ1n) is 9.03. The molecule has 0 unspecified atom stereocenters. The van der Waals surface area contributed by atoms with E-state index < -0.39 is 17.8 Å². The molecule has 0 aliphatic carbocycles. The summed E-state index contributed by atoms with van der Waals surface area (Å²) in [4.78, 5) is 36.7. The van der Waals surface area contributed by atoms with Gasteiger partial charge in [0.15, 0.2) is 0 Å². The molecule has 0 aliphatic rings.